The maximum absolute atomic E-state index is 11.7. The van der Waals surface area contributed by atoms with Crippen LogP contribution >= 0.6 is 0 Å². The lowest BCUT2D eigenvalue weighted by Gasteiger charge is -2.19. The van der Waals surface area contributed by atoms with Crippen molar-refractivity contribution in [3.63, 3.8) is 0 Å². The zero-order chi connectivity index (χ0) is 15.3. The molecule has 0 spiro atoms. The lowest BCUT2D eigenvalue weighted by atomic mass is 10.1. The molecule has 6 heteroatoms. The number of rotatable bonds is 4. The van der Waals surface area contributed by atoms with Crippen molar-refractivity contribution in [3.05, 3.63) is 23.8 Å². The first-order valence-corrected chi connectivity index (χ1v) is 6.24. The van der Waals surface area contributed by atoms with E-state index in [1.807, 2.05) is 0 Å². The second-order valence-electron chi connectivity index (χ2n) is 5.31. The van der Waals surface area contributed by atoms with Gasteiger partial charge in [0.25, 0.3) is 0 Å². The summed E-state index contributed by atoms with van der Waals surface area (Å²) in [6.45, 7) is 5.39. The predicted molar refractivity (Wildman–Crippen MR) is 76.2 cm³/mol. The number of nitrogens with one attached hydrogen (secondary N) is 2. The molecule has 1 amide bonds. The molecule has 0 saturated heterocycles. The molecular weight excluding hydrogens is 260 g/mol. The lowest BCUT2D eigenvalue weighted by molar-refractivity contribution is 0.0636. The van der Waals surface area contributed by atoms with Crippen LogP contribution in [0.3, 0.4) is 0 Å². The molecule has 0 saturated carbocycles. The number of carbonyl (C=O) groups excluding carboxylic acids is 2. The Kier molecular flexibility index (Phi) is 5.10. The standard InChI is InChI=1S/C14H20N2O4/c1-14(2,3)20-13(19)16-9-5-6-10(11(17)7-9)12(18)8-15-4/h5-7,15,17H,8H2,1-4H3,(H,16,19). The van der Waals surface area contributed by atoms with Crippen molar-refractivity contribution < 1.29 is 19.4 Å². The molecular formula is C14H20N2O4. The van der Waals surface area contributed by atoms with Gasteiger partial charge in [-0.3, -0.25) is 10.1 Å². The van der Waals surface area contributed by atoms with Crippen molar-refractivity contribution in [2.45, 2.75) is 26.4 Å². The van der Waals surface area contributed by atoms with E-state index >= 15 is 0 Å². The SMILES string of the molecule is CNCC(=O)c1ccc(NC(=O)OC(C)(C)C)cc1O. The van der Waals surface area contributed by atoms with E-state index in [9.17, 15) is 14.7 Å². The predicted octanol–water partition coefficient (Wildman–Crippen LogP) is 2.14. The van der Waals surface area contributed by atoms with Crippen LogP contribution in [0.1, 0.15) is 31.1 Å². The molecule has 1 aromatic rings. The van der Waals surface area contributed by atoms with Crippen LogP contribution in [0.2, 0.25) is 0 Å². The van der Waals surface area contributed by atoms with Crippen LogP contribution in [-0.2, 0) is 4.74 Å². The monoisotopic (exact) mass is 280 g/mol. The number of hydrogen-bond acceptors (Lipinski definition) is 5. The van der Waals surface area contributed by atoms with Crippen LogP contribution in [-0.4, -0.2) is 36.2 Å². The zero-order valence-corrected chi connectivity index (χ0v) is 12.1. The summed E-state index contributed by atoms with van der Waals surface area (Å²) in [6, 6.07) is 4.31. The number of benzene rings is 1. The van der Waals surface area contributed by atoms with Gasteiger partial charge in [0.2, 0.25) is 0 Å². The Hall–Kier alpha value is -2.08. The Morgan fingerprint density at radius 3 is 2.45 bits per heavy atom. The van der Waals surface area contributed by atoms with E-state index in [0.717, 1.165) is 0 Å². The maximum Gasteiger partial charge on any atom is 0.412 e. The fraction of sp³-hybridized carbons (Fsp3) is 0.429. The molecule has 0 heterocycles. The molecule has 0 radical (unpaired) electrons. The molecule has 0 aromatic heterocycles. The second-order valence-corrected chi connectivity index (χ2v) is 5.31. The van der Waals surface area contributed by atoms with E-state index in [1.54, 1.807) is 27.8 Å². The molecule has 110 valence electrons. The molecule has 0 aliphatic rings. The number of ketones is 1. The van der Waals surface area contributed by atoms with E-state index in [4.69, 9.17) is 4.74 Å². The minimum atomic E-state index is -0.619. The number of ether oxygens (including phenoxy) is 1. The van der Waals surface area contributed by atoms with Gasteiger partial charge < -0.3 is 15.2 Å². The fourth-order valence-electron chi connectivity index (χ4n) is 1.52. The number of phenolic OH excluding ortho intramolecular Hbond substituents is 1. The Balaban J connectivity index is 2.78. The third-order valence-corrected chi connectivity index (χ3v) is 2.28. The summed E-state index contributed by atoms with van der Waals surface area (Å²) in [7, 11) is 1.65. The lowest BCUT2D eigenvalue weighted by Crippen LogP contribution is -2.27. The Morgan fingerprint density at radius 2 is 1.95 bits per heavy atom. The number of carbonyl (C=O) groups is 2. The maximum atomic E-state index is 11.7. The molecule has 0 aliphatic carbocycles. The van der Waals surface area contributed by atoms with Gasteiger partial charge in [0.15, 0.2) is 5.78 Å². The van der Waals surface area contributed by atoms with Gasteiger partial charge in [0, 0.05) is 11.8 Å². The highest BCUT2D eigenvalue weighted by Gasteiger charge is 2.17. The minimum Gasteiger partial charge on any atom is -0.507 e. The largest absolute Gasteiger partial charge is 0.507 e. The molecule has 0 bridgehead atoms. The van der Waals surface area contributed by atoms with Gasteiger partial charge in [-0.25, -0.2) is 4.79 Å². The minimum absolute atomic E-state index is 0.131. The number of likely N-dealkylation sites (N-methyl/N-ethyl adjacent to an activating group) is 1. The van der Waals surface area contributed by atoms with Gasteiger partial charge in [-0.15, -0.1) is 0 Å². The van der Waals surface area contributed by atoms with Crippen LogP contribution in [0.4, 0.5) is 10.5 Å². The first-order valence-electron chi connectivity index (χ1n) is 6.24. The highest BCUT2D eigenvalue weighted by atomic mass is 16.6. The summed E-state index contributed by atoms with van der Waals surface area (Å²) in [4.78, 5) is 23.2. The van der Waals surface area contributed by atoms with Gasteiger partial charge in [-0.1, -0.05) is 0 Å². The topological polar surface area (TPSA) is 87.7 Å². The van der Waals surface area contributed by atoms with E-state index in [-0.39, 0.29) is 23.6 Å². The molecule has 3 N–H and O–H groups in total. The average molecular weight is 280 g/mol. The first-order chi connectivity index (χ1) is 9.23. The van der Waals surface area contributed by atoms with Crippen molar-refractivity contribution in [3.8, 4) is 5.75 Å². The van der Waals surface area contributed by atoms with Crippen LogP contribution in [0, 0.1) is 0 Å². The number of anilines is 1. The van der Waals surface area contributed by atoms with Crippen molar-refractivity contribution >= 4 is 17.6 Å². The van der Waals surface area contributed by atoms with Gasteiger partial charge in [0.1, 0.15) is 11.4 Å². The quantitative estimate of drug-likeness (QED) is 0.735. The third-order valence-electron chi connectivity index (χ3n) is 2.28. The van der Waals surface area contributed by atoms with Crippen LogP contribution in [0.5, 0.6) is 5.75 Å². The number of Topliss-reactive ketones (excluding diaryl/α,β-unsaturated/α-hetero) is 1. The van der Waals surface area contributed by atoms with Crippen LogP contribution in [0.15, 0.2) is 18.2 Å². The van der Waals surface area contributed by atoms with Crippen molar-refractivity contribution in [1.29, 1.82) is 0 Å². The summed E-state index contributed by atoms with van der Waals surface area (Å²) in [5.41, 5.74) is -0.0405. The van der Waals surface area contributed by atoms with Crippen molar-refractivity contribution in [2.75, 3.05) is 18.9 Å². The van der Waals surface area contributed by atoms with Crippen LogP contribution in [0.25, 0.3) is 0 Å². The highest BCUT2D eigenvalue weighted by molar-refractivity contribution is 6.00. The summed E-state index contributed by atoms with van der Waals surface area (Å²) < 4.78 is 5.09. The molecule has 1 rings (SSSR count). The number of hydrogen-bond donors (Lipinski definition) is 3. The fourth-order valence-corrected chi connectivity index (χ4v) is 1.52. The summed E-state index contributed by atoms with van der Waals surface area (Å²) in [6.07, 6.45) is -0.619. The van der Waals surface area contributed by atoms with E-state index < -0.39 is 11.7 Å². The number of aromatic hydroxyl groups is 1. The summed E-state index contributed by atoms with van der Waals surface area (Å²) in [5, 5.41) is 15.0. The second kappa shape index (κ2) is 6.38. The summed E-state index contributed by atoms with van der Waals surface area (Å²) in [5.74, 6) is -0.410. The molecule has 0 unspecified atom stereocenters. The zero-order valence-electron chi connectivity index (χ0n) is 12.1. The average Bonchev–Trinajstić information content (AvgIpc) is 2.26. The van der Waals surface area contributed by atoms with E-state index in [0.29, 0.717) is 5.69 Å². The third kappa shape index (κ3) is 4.89. The van der Waals surface area contributed by atoms with Crippen LogP contribution < -0.4 is 10.6 Å². The molecule has 1 aromatic carbocycles. The van der Waals surface area contributed by atoms with Crippen molar-refractivity contribution in [1.82, 2.24) is 5.32 Å². The first kappa shape index (κ1) is 16.0. The van der Waals surface area contributed by atoms with Crippen molar-refractivity contribution in [2.24, 2.45) is 0 Å². The Bertz CT molecular complexity index is 506. The molecule has 0 aliphatic heterocycles. The highest BCUT2D eigenvalue weighted by Crippen LogP contribution is 2.23. The smallest absolute Gasteiger partial charge is 0.412 e. The number of phenols is 1. The van der Waals surface area contributed by atoms with E-state index in [2.05, 4.69) is 10.6 Å². The summed E-state index contributed by atoms with van der Waals surface area (Å²) >= 11 is 0. The Labute approximate surface area is 118 Å². The molecule has 6 nitrogen and oxygen atoms in total. The molecule has 20 heavy (non-hydrogen) atoms. The normalized spacial score (nSPS) is 11.0. The Morgan fingerprint density at radius 1 is 1.30 bits per heavy atom. The molecule has 0 atom stereocenters. The van der Waals surface area contributed by atoms with E-state index in [1.165, 1.54) is 18.2 Å². The van der Waals surface area contributed by atoms with Gasteiger partial charge in [0.05, 0.1) is 12.1 Å². The van der Waals surface area contributed by atoms with Gasteiger partial charge in [-0.05, 0) is 40.0 Å². The molecule has 0 fully saturated rings. The van der Waals surface area contributed by atoms with Gasteiger partial charge >= 0.3 is 6.09 Å². The number of amides is 1. The van der Waals surface area contributed by atoms with Gasteiger partial charge in [-0.2, -0.15) is 0 Å².